The van der Waals surface area contributed by atoms with Crippen LogP contribution in [0.15, 0.2) is 48.5 Å². The second kappa shape index (κ2) is 8.36. The maximum atomic E-state index is 12.0. The number of amides is 2. The third-order valence-electron chi connectivity index (χ3n) is 3.25. The van der Waals surface area contributed by atoms with Gasteiger partial charge in [0.2, 0.25) is 5.91 Å². The van der Waals surface area contributed by atoms with E-state index in [0.29, 0.717) is 16.5 Å². The van der Waals surface area contributed by atoms with Crippen molar-refractivity contribution in [3.05, 3.63) is 59.1 Å². The number of anilines is 1. The van der Waals surface area contributed by atoms with Crippen molar-refractivity contribution in [2.24, 2.45) is 0 Å². The van der Waals surface area contributed by atoms with Crippen molar-refractivity contribution < 1.29 is 14.3 Å². The fraction of sp³-hybridized carbons (Fsp3) is 0.222. The molecule has 0 bridgehead atoms. The van der Waals surface area contributed by atoms with Crippen LogP contribution in [0.2, 0.25) is 5.02 Å². The standard InChI is InChI=1S/C18H19ClN2O3/c1-21(2)18(23)12-24-16-8-6-15(7-9-16)20-17(22)11-13-4-3-5-14(19)10-13/h3-10H,11-12H2,1-2H3,(H,20,22). The molecule has 0 atom stereocenters. The first-order chi connectivity index (χ1) is 11.4. The molecule has 0 fully saturated rings. The molecule has 0 heterocycles. The number of carbonyl (C=O) groups excluding carboxylic acids is 2. The molecule has 0 saturated heterocycles. The summed E-state index contributed by atoms with van der Waals surface area (Å²) in [6, 6.07) is 14.1. The van der Waals surface area contributed by atoms with E-state index in [1.807, 2.05) is 12.1 Å². The second-order valence-corrected chi connectivity index (χ2v) is 5.89. The molecule has 0 aliphatic heterocycles. The van der Waals surface area contributed by atoms with Crippen LogP contribution in [0.1, 0.15) is 5.56 Å². The van der Waals surface area contributed by atoms with Crippen molar-refractivity contribution in [2.75, 3.05) is 26.0 Å². The zero-order valence-electron chi connectivity index (χ0n) is 13.6. The van der Waals surface area contributed by atoms with Gasteiger partial charge in [-0.3, -0.25) is 9.59 Å². The van der Waals surface area contributed by atoms with Gasteiger partial charge in [0.15, 0.2) is 6.61 Å². The summed E-state index contributed by atoms with van der Waals surface area (Å²) in [6.07, 6.45) is 0.246. The smallest absolute Gasteiger partial charge is 0.259 e. The van der Waals surface area contributed by atoms with Gasteiger partial charge in [0.25, 0.3) is 5.91 Å². The van der Waals surface area contributed by atoms with E-state index in [1.54, 1.807) is 50.5 Å². The van der Waals surface area contributed by atoms with Gasteiger partial charge in [-0.05, 0) is 42.0 Å². The third-order valence-corrected chi connectivity index (χ3v) is 3.49. The highest BCUT2D eigenvalue weighted by atomic mass is 35.5. The summed E-state index contributed by atoms with van der Waals surface area (Å²) in [5.74, 6) is 0.320. The highest BCUT2D eigenvalue weighted by Gasteiger charge is 2.07. The van der Waals surface area contributed by atoms with Crippen LogP contribution < -0.4 is 10.1 Å². The third kappa shape index (κ3) is 5.59. The minimum absolute atomic E-state index is 0.0204. The molecule has 126 valence electrons. The summed E-state index contributed by atoms with van der Waals surface area (Å²) in [4.78, 5) is 25.0. The summed E-state index contributed by atoms with van der Waals surface area (Å²) in [7, 11) is 3.34. The maximum Gasteiger partial charge on any atom is 0.259 e. The first kappa shape index (κ1) is 17.8. The van der Waals surface area contributed by atoms with Crippen LogP contribution >= 0.6 is 11.6 Å². The van der Waals surface area contributed by atoms with E-state index in [4.69, 9.17) is 16.3 Å². The first-order valence-corrected chi connectivity index (χ1v) is 7.79. The molecule has 0 unspecified atom stereocenters. The number of benzene rings is 2. The molecular formula is C18H19ClN2O3. The lowest BCUT2D eigenvalue weighted by Crippen LogP contribution is -2.27. The highest BCUT2D eigenvalue weighted by molar-refractivity contribution is 6.30. The number of hydrogen-bond donors (Lipinski definition) is 1. The van der Waals surface area contributed by atoms with E-state index in [-0.39, 0.29) is 24.8 Å². The Balaban J connectivity index is 1.87. The van der Waals surface area contributed by atoms with Crippen molar-refractivity contribution in [2.45, 2.75) is 6.42 Å². The average molecular weight is 347 g/mol. The van der Waals surface area contributed by atoms with Crippen LogP contribution in [0, 0.1) is 0 Å². The van der Waals surface area contributed by atoms with E-state index in [1.165, 1.54) is 4.90 Å². The zero-order chi connectivity index (χ0) is 17.5. The minimum Gasteiger partial charge on any atom is -0.484 e. The SMILES string of the molecule is CN(C)C(=O)COc1ccc(NC(=O)Cc2cccc(Cl)c2)cc1. The number of hydrogen-bond acceptors (Lipinski definition) is 3. The Morgan fingerprint density at radius 1 is 1.12 bits per heavy atom. The van der Waals surface area contributed by atoms with E-state index in [0.717, 1.165) is 5.56 Å². The van der Waals surface area contributed by atoms with Gasteiger partial charge in [-0.2, -0.15) is 0 Å². The summed E-state index contributed by atoms with van der Waals surface area (Å²) >= 11 is 5.90. The molecule has 0 aliphatic carbocycles. The Morgan fingerprint density at radius 2 is 1.83 bits per heavy atom. The summed E-state index contributed by atoms with van der Waals surface area (Å²) in [5, 5.41) is 3.41. The molecule has 5 nitrogen and oxygen atoms in total. The lowest BCUT2D eigenvalue weighted by Gasteiger charge is -2.11. The predicted molar refractivity (Wildman–Crippen MR) is 94.4 cm³/mol. The molecule has 0 spiro atoms. The first-order valence-electron chi connectivity index (χ1n) is 7.41. The quantitative estimate of drug-likeness (QED) is 0.874. The molecule has 2 aromatic rings. The molecule has 0 radical (unpaired) electrons. The predicted octanol–water partition coefficient (Wildman–Crippen LogP) is 2.99. The molecule has 0 aliphatic rings. The van der Waals surface area contributed by atoms with E-state index in [9.17, 15) is 9.59 Å². The van der Waals surface area contributed by atoms with Crippen molar-refractivity contribution >= 4 is 29.1 Å². The van der Waals surface area contributed by atoms with Crippen LogP contribution in [-0.2, 0) is 16.0 Å². The van der Waals surface area contributed by atoms with Crippen LogP contribution in [0.25, 0.3) is 0 Å². The molecule has 2 amide bonds. The molecule has 2 rings (SSSR count). The van der Waals surface area contributed by atoms with E-state index < -0.39 is 0 Å². The largest absolute Gasteiger partial charge is 0.484 e. The lowest BCUT2D eigenvalue weighted by atomic mass is 10.1. The Hall–Kier alpha value is -2.53. The molecule has 1 N–H and O–H groups in total. The van der Waals surface area contributed by atoms with Gasteiger partial charge < -0.3 is 15.0 Å². The highest BCUT2D eigenvalue weighted by Crippen LogP contribution is 2.17. The Morgan fingerprint density at radius 3 is 2.46 bits per heavy atom. The molecule has 2 aromatic carbocycles. The Bertz CT molecular complexity index is 714. The lowest BCUT2D eigenvalue weighted by molar-refractivity contribution is -0.130. The van der Waals surface area contributed by atoms with Crippen LogP contribution in [0.5, 0.6) is 5.75 Å². The van der Waals surface area contributed by atoms with Gasteiger partial charge in [-0.1, -0.05) is 23.7 Å². The van der Waals surface area contributed by atoms with Gasteiger partial charge in [-0.15, -0.1) is 0 Å². The number of carbonyl (C=O) groups is 2. The Labute approximate surface area is 146 Å². The number of nitrogens with zero attached hydrogens (tertiary/aromatic N) is 1. The van der Waals surface area contributed by atoms with E-state index in [2.05, 4.69) is 5.32 Å². The fourth-order valence-corrected chi connectivity index (χ4v) is 2.16. The number of nitrogens with one attached hydrogen (secondary N) is 1. The number of ether oxygens (including phenoxy) is 1. The molecule has 24 heavy (non-hydrogen) atoms. The van der Waals surface area contributed by atoms with Gasteiger partial charge in [0, 0.05) is 24.8 Å². The average Bonchev–Trinajstić information content (AvgIpc) is 2.53. The zero-order valence-corrected chi connectivity index (χ0v) is 14.3. The summed E-state index contributed by atoms with van der Waals surface area (Å²) in [6.45, 7) is -0.0204. The van der Waals surface area contributed by atoms with Gasteiger partial charge >= 0.3 is 0 Å². The van der Waals surface area contributed by atoms with E-state index >= 15 is 0 Å². The Kier molecular flexibility index (Phi) is 6.21. The van der Waals surface area contributed by atoms with Crippen molar-refractivity contribution in [3.63, 3.8) is 0 Å². The summed E-state index contributed by atoms with van der Waals surface area (Å²) < 4.78 is 5.38. The van der Waals surface area contributed by atoms with Crippen molar-refractivity contribution in [1.29, 1.82) is 0 Å². The van der Waals surface area contributed by atoms with Crippen LogP contribution in [0.3, 0.4) is 0 Å². The monoisotopic (exact) mass is 346 g/mol. The number of halogens is 1. The van der Waals surface area contributed by atoms with Gasteiger partial charge in [0.1, 0.15) is 5.75 Å². The normalized spacial score (nSPS) is 10.1. The second-order valence-electron chi connectivity index (χ2n) is 5.46. The minimum atomic E-state index is -0.131. The summed E-state index contributed by atoms with van der Waals surface area (Å²) in [5.41, 5.74) is 1.51. The fourth-order valence-electron chi connectivity index (χ4n) is 1.95. The van der Waals surface area contributed by atoms with Gasteiger partial charge in [-0.25, -0.2) is 0 Å². The molecular weight excluding hydrogens is 328 g/mol. The maximum absolute atomic E-state index is 12.0. The topological polar surface area (TPSA) is 58.6 Å². The van der Waals surface area contributed by atoms with Crippen molar-refractivity contribution in [1.82, 2.24) is 4.90 Å². The van der Waals surface area contributed by atoms with Crippen LogP contribution in [0.4, 0.5) is 5.69 Å². The van der Waals surface area contributed by atoms with Crippen LogP contribution in [-0.4, -0.2) is 37.4 Å². The van der Waals surface area contributed by atoms with Crippen molar-refractivity contribution in [3.8, 4) is 5.75 Å². The number of rotatable bonds is 6. The number of likely N-dealkylation sites (N-methyl/N-ethyl adjacent to an activating group) is 1. The molecule has 0 aromatic heterocycles. The molecule has 0 saturated carbocycles. The molecule has 6 heteroatoms. The van der Waals surface area contributed by atoms with Gasteiger partial charge in [0.05, 0.1) is 6.42 Å².